The van der Waals surface area contributed by atoms with Crippen molar-refractivity contribution in [1.29, 1.82) is 0 Å². The van der Waals surface area contributed by atoms with Crippen LogP contribution in [0.3, 0.4) is 0 Å². The van der Waals surface area contributed by atoms with Crippen LogP contribution in [0.15, 0.2) is 0 Å². The molecular formula is C15H30N2O2. The van der Waals surface area contributed by atoms with E-state index in [1.165, 1.54) is 32.4 Å². The molecule has 0 spiro atoms. The number of nitrogens with one attached hydrogen (secondary N) is 1. The summed E-state index contributed by atoms with van der Waals surface area (Å²) in [5.41, 5.74) is 0. The molecule has 0 aromatic rings. The van der Waals surface area contributed by atoms with Gasteiger partial charge < -0.3 is 19.7 Å². The molecule has 2 fully saturated rings. The fourth-order valence-electron chi connectivity index (χ4n) is 3.17. The standard InChI is InChI=1S/C15H30N2O2/c1-12(2)16-8-14-4-5-15(19-14)10-17-7-6-13(9-17)11-18-3/h12-16H,4-11H2,1-3H3. The Morgan fingerprint density at radius 1 is 1.26 bits per heavy atom. The quantitative estimate of drug-likeness (QED) is 0.760. The average molecular weight is 270 g/mol. The van der Waals surface area contributed by atoms with Crippen LogP contribution in [-0.4, -0.2) is 63.0 Å². The first-order valence-corrected chi connectivity index (χ1v) is 7.77. The highest BCUT2D eigenvalue weighted by atomic mass is 16.5. The molecule has 3 atom stereocenters. The maximum Gasteiger partial charge on any atom is 0.0707 e. The third-order valence-electron chi connectivity index (χ3n) is 4.18. The Balaban J connectivity index is 1.62. The second-order valence-corrected chi connectivity index (χ2v) is 6.39. The normalized spacial score (nSPS) is 32.5. The predicted octanol–water partition coefficient (Wildman–Crippen LogP) is 1.50. The molecule has 2 saturated heterocycles. The maximum absolute atomic E-state index is 6.13. The van der Waals surface area contributed by atoms with E-state index in [4.69, 9.17) is 9.47 Å². The number of nitrogens with zero attached hydrogens (tertiary/aromatic N) is 1. The molecular weight excluding hydrogens is 240 g/mol. The SMILES string of the molecule is COCC1CCN(CC2CCC(CNC(C)C)O2)C1. The molecule has 2 aliphatic heterocycles. The van der Waals surface area contributed by atoms with Crippen LogP contribution in [0.1, 0.15) is 33.1 Å². The molecule has 0 radical (unpaired) electrons. The summed E-state index contributed by atoms with van der Waals surface area (Å²) in [6.45, 7) is 9.78. The van der Waals surface area contributed by atoms with Crippen molar-refractivity contribution in [2.45, 2.75) is 51.4 Å². The van der Waals surface area contributed by atoms with Gasteiger partial charge in [0.15, 0.2) is 0 Å². The zero-order chi connectivity index (χ0) is 13.7. The van der Waals surface area contributed by atoms with E-state index < -0.39 is 0 Å². The van der Waals surface area contributed by atoms with E-state index in [1.54, 1.807) is 7.11 Å². The van der Waals surface area contributed by atoms with E-state index >= 15 is 0 Å². The van der Waals surface area contributed by atoms with Gasteiger partial charge in [-0.1, -0.05) is 13.8 Å². The van der Waals surface area contributed by atoms with Crippen LogP contribution >= 0.6 is 0 Å². The van der Waals surface area contributed by atoms with Crippen molar-refractivity contribution in [3.8, 4) is 0 Å². The van der Waals surface area contributed by atoms with Crippen molar-refractivity contribution in [3.63, 3.8) is 0 Å². The Hall–Kier alpha value is -0.160. The van der Waals surface area contributed by atoms with Gasteiger partial charge in [-0.3, -0.25) is 0 Å². The van der Waals surface area contributed by atoms with Crippen LogP contribution in [0.2, 0.25) is 0 Å². The van der Waals surface area contributed by atoms with Gasteiger partial charge in [0.1, 0.15) is 0 Å². The van der Waals surface area contributed by atoms with Crippen LogP contribution < -0.4 is 5.32 Å². The number of likely N-dealkylation sites (tertiary alicyclic amines) is 1. The topological polar surface area (TPSA) is 33.7 Å². The third kappa shape index (κ3) is 5.03. The molecule has 112 valence electrons. The summed E-state index contributed by atoms with van der Waals surface area (Å²) in [7, 11) is 1.80. The fourth-order valence-corrected chi connectivity index (χ4v) is 3.17. The highest BCUT2D eigenvalue weighted by Gasteiger charge is 2.29. The van der Waals surface area contributed by atoms with Crippen LogP contribution in [-0.2, 0) is 9.47 Å². The average Bonchev–Trinajstić information content (AvgIpc) is 2.98. The van der Waals surface area contributed by atoms with Gasteiger partial charge in [-0.05, 0) is 31.7 Å². The second-order valence-electron chi connectivity index (χ2n) is 6.39. The highest BCUT2D eigenvalue weighted by Crippen LogP contribution is 2.23. The van der Waals surface area contributed by atoms with E-state index in [1.807, 2.05) is 0 Å². The first kappa shape index (κ1) is 15.2. The molecule has 4 nitrogen and oxygen atoms in total. The van der Waals surface area contributed by atoms with Gasteiger partial charge in [0, 0.05) is 32.8 Å². The number of methoxy groups -OCH3 is 1. The van der Waals surface area contributed by atoms with Gasteiger partial charge in [0.05, 0.1) is 18.8 Å². The largest absolute Gasteiger partial charge is 0.384 e. The molecule has 2 aliphatic rings. The van der Waals surface area contributed by atoms with Crippen LogP contribution in [0.25, 0.3) is 0 Å². The van der Waals surface area contributed by atoms with Crippen molar-refractivity contribution >= 4 is 0 Å². The second kappa shape index (κ2) is 7.58. The van der Waals surface area contributed by atoms with E-state index in [2.05, 4.69) is 24.1 Å². The minimum Gasteiger partial charge on any atom is -0.384 e. The monoisotopic (exact) mass is 270 g/mol. The lowest BCUT2D eigenvalue weighted by atomic mass is 10.1. The van der Waals surface area contributed by atoms with Gasteiger partial charge in [-0.15, -0.1) is 0 Å². The van der Waals surface area contributed by atoms with Crippen molar-refractivity contribution in [3.05, 3.63) is 0 Å². The molecule has 19 heavy (non-hydrogen) atoms. The maximum atomic E-state index is 6.13. The van der Waals surface area contributed by atoms with Crippen molar-refractivity contribution in [2.75, 3.05) is 39.9 Å². The van der Waals surface area contributed by atoms with Gasteiger partial charge in [0.2, 0.25) is 0 Å². The van der Waals surface area contributed by atoms with E-state index in [-0.39, 0.29) is 0 Å². The van der Waals surface area contributed by atoms with Crippen LogP contribution in [0.4, 0.5) is 0 Å². The number of ether oxygens (including phenoxy) is 2. The van der Waals surface area contributed by atoms with E-state index in [0.29, 0.717) is 18.2 Å². The molecule has 0 aromatic carbocycles. The van der Waals surface area contributed by atoms with Gasteiger partial charge in [-0.2, -0.15) is 0 Å². The summed E-state index contributed by atoms with van der Waals surface area (Å²) >= 11 is 0. The molecule has 3 unspecified atom stereocenters. The Morgan fingerprint density at radius 2 is 2.05 bits per heavy atom. The van der Waals surface area contributed by atoms with E-state index in [9.17, 15) is 0 Å². The van der Waals surface area contributed by atoms with Crippen molar-refractivity contribution in [1.82, 2.24) is 10.2 Å². The lowest BCUT2D eigenvalue weighted by Gasteiger charge is -2.21. The molecule has 0 aliphatic carbocycles. The zero-order valence-electron chi connectivity index (χ0n) is 12.7. The predicted molar refractivity (Wildman–Crippen MR) is 77.5 cm³/mol. The molecule has 0 aromatic heterocycles. The Bertz CT molecular complexity index is 261. The summed E-state index contributed by atoms with van der Waals surface area (Å²) in [5.74, 6) is 0.727. The van der Waals surface area contributed by atoms with Crippen molar-refractivity contribution < 1.29 is 9.47 Å². The molecule has 0 saturated carbocycles. The highest BCUT2D eigenvalue weighted by molar-refractivity contribution is 4.82. The minimum atomic E-state index is 0.421. The molecule has 2 heterocycles. The Morgan fingerprint density at radius 3 is 2.79 bits per heavy atom. The molecule has 0 bridgehead atoms. The molecule has 1 N–H and O–H groups in total. The fraction of sp³-hybridized carbons (Fsp3) is 1.00. The van der Waals surface area contributed by atoms with Gasteiger partial charge in [-0.25, -0.2) is 0 Å². The first-order valence-electron chi connectivity index (χ1n) is 7.77. The van der Waals surface area contributed by atoms with Crippen LogP contribution in [0.5, 0.6) is 0 Å². The number of rotatable bonds is 7. The minimum absolute atomic E-state index is 0.421. The number of hydrogen-bond donors (Lipinski definition) is 1. The lowest BCUT2D eigenvalue weighted by molar-refractivity contribution is 0.0254. The van der Waals surface area contributed by atoms with Gasteiger partial charge in [0.25, 0.3) is 0 Å². The molecule has 2 rings (SSSR count). The Kier molecular flexibility index (Phi) is 6.07. The summed E-state index contributed by atoms with van der Waals surface area (Å²) in [6, 6.07) is 0.552. The summed E-state index contributed by atoms with van der Waals surface area (Å²) in [6.07, 6.45) is 4.57. The number of hydrogen-bond acceptors (Lipinski definition) is 4. The molecule has 0 amide bonds. The smallest absolute Gasteiger partial charge is 0.0707 e. The summed E-state index contributed by atoms with van der Waals surface area (Å²) in [5, 5.41) is 3.47. The summed E-state index contributed by atoms with van der Waals surface area (Å²) in [4.78, 5) is 2.55. The van der Waals surface area contributed by atoms with E-state index in [0.717, 1.165) is 25.6 Å². The third-order valence-corrected chi connectivity index (χ3v) is 4.18. The van der Waals surface area contributed by atoms with Crippen LogP contribution in [0, 0.1) is 5.92 Å². The first-order chi connectivity index (χ1) is 9.17. The zero-order valence-corrected chi connectivity index (χ0v) is 12.7. The molecule has 4 heteroatoms. The van der Waals surface area contributed by atoms with Crippen molar-refractivity contribution in [2.24, 2.45) is 5.92 Å². The summed E-state index contributed by atoms with van der Waals surface area (Å²) < 4.78 is 11.4. The Labute approximate surface area is 117 Å². The lowest BCUT2D eigenvalue weighted by Crippen LogP contribution is -2.34. The van der Waals surface area contributed by atoms with Gasteiger partial charge >= 0.3 is 0 Å².